The van der Waals surface area contributed by atoms with Crippen molar-refractivity contribution >= 4 is 15.7 Å². The van der Waals surface area contributed by atoms with Gasteiger partial charge in [0, 0.05) is 31.0 Å². The lowest BCUT2D eigenvalue weighted by Crippen LogP contribution is -2.42. The molecule has 1 aliphatic rings. The average Bonchev–Trinajstić information content (AvgIpc) is 3.17. The van der Waals surface area contributed by atoms with Gasteiger partial charge in [0.05, 0.1) is 11.0 Å². The highest BCUT2D eigenvalue weighted by molar-refractivity contribution is 7.89. The summed E-state index contributed by atoms with van der Waals surface area (Å²) in [5, 5.41) is 11.4. The number of sulfonamides is 1. The number of rotatable bonds is 4. The maximum Gasteiger partial charge on any atom is 0.289 e. The highest BCUT2D eigenvalue weighted by atomic mass is 32.2. The summed E-state index contributed by atoms with van der Waals surface area (Å²) in [7, 11) is -4.09. The van der Waals surface area contributed by atoms with E-state index >= 15 is 0 Å². The minimum Gasteiger partial charge on any atom is -0.348 e. The molecule has 1 atom stereocenters. The first-order valence-corrected chi connectivity index (χ1v) is 10.3. The number of benzene rings is 2. The van der Waals surface area contributed by atoms with Crippen molar-refractivity contribution in [2.24, 2.45) is 0 Å². The lowest BCUT2D eigenvalue weighted by Gasteiger charge is -2.36. The van der Waals surface area contributed by atoms with Crippen molar-refractivity contribution < 1.29 is 13.3 Å². The van der Waals surface area contributed by atoms with Gasteiger partial charge >= 0.3 is 0 Å². The van der Waals surface area contributed by atoms with E-state index in [0.29, 0.717) is 6.54 Å². The molecule has 2 aromatic carbocycles. The van der Waals surface area contributed by atoms with Crippen LogP contribution in [0.5, 0.6) is 0 Å². The van der Waals surface area contributed by atoms with Crippen molar-refractivity contribution in [1.29, 1.82) is 0 Å². The second-order valence-corrected chi connectivity index (χ2v) is 8.64. The Kier molecular flexibility index (Phi) is 4.52. The number of aryl methyl sites for hydroxylation is 1. The molecule has 0 spiro atoms. The molecule has 3 aromatic rings. The molecule has 8 heteroatoms. The Balaban J connectivity index is 1.88. The van der Waals surface area contributed by atoms with Gasteiger partial charge in [-0.2, -0.15) is 4.31 Å². The summed E-state index contributed by atoms with van der Waals surface area (Å²) in [6.07, 6.45) is 1.92. The third-order valence-electron chi connectivity index (χ3n) is 5.04. The Labute approximate surface area is 163 Å². The zero-order valence-electron chi connectivity index (χ0n) is 15.2. The molecule has 1 unspecified atom stereocenters. The molecule has 0 aliphatic carbocycles. The molecule has 7 nitrogen and oxygen atoms in total. The van der Waals surface area contributed by atoms with Crippen molar-refractivity contribution in [1.82, 2.24) is 8.87 Å². The highest BCUT2D eigenvalue weighted by Crippen LogP contribution is 2.38. The normalized spacial score (nSPS) is 17.2. The van der Waals surface area contributed by atoms with E-state index in [1.54, 1.807) is 0 Å². The molecule has 0 N–H and O–H groups in total. The van der Waals surface area contributed by atoms with Crippen molar-refractivity contribution in [3.63, 3.8) is 0 Å². The first-order valence-electron chi connectivity index (χ1n) is 8.86. The average molecular weight is 397 g/mol. The fourth-order valence-corrected chi connectivity index (χ4v) is 5.40. The fraction of sp³-hybridized carbons (Fsp3) is 0.200. The summed E-state index contributed by atoms with van der Waals surface area (Å²) in [6, 6.07) is 16.4. The predicted molar refractivity (Wildman–Crippen MR) is 104 cm³/mol. The number of aromatic nitrogens is 1. The Morgan fingerprint density at radius 1 is 1.00 bits per heavy atom. The van der Waals surface area contributed by atoms with Gasteiger partial charge in [-0.3, -0.25) is 10.1 Å². The third-order valence-corrected chi connectivity index (χ3v) is 6.95. The molecule has 144 valence electrons. The van der Waals surface area contributed by atoms with E-state index in [9.17, 15) is 18.5 Å². The first-order chi connectivity index (χ1) is 13.4. The van der Waals surface area contributed by atoms with Gasteiger partial charge in [0.1, 0.15) is 0 Å². The summed E-state index contributed by atoms with van der Waals surface area (Å²) < 4.78 is 30.4. The lowest BCUT2D eigenvalue weighted by molar-refractivity contribution is -0.387. The quantitative estimate of drug-likeness (QED) is 0.498. The topological polar surface area (TPSA) is 85.5 Å². The van der Waals surface area contributed by atoms with Crippen LogP contribution >= 0.6 is 0 Å². The van der Waals surface area contributed by atoms with Crippen LogP contribution in [0, 0.1) is 17.0 Å². The van der Waals surface area contributed by atoms with Crippen LogP contribution in [0.2, 0.25) is 0 Å². The largest absolute Gasteiger partial charge is 0.348 e. The summed E-state index contributed by atoms with van der Waals surface area (Å²) in [5.41, 5.74) is 2.33. The molecule has 0 saturated heterocycles. The first kappa shape index (κ1) is 18.4. The molecule has 2 heterocycles. The molecule has 4 rings (SSSR count). The number of hydrogen-bond acceptors (Lipinski definition) is 4. The third kappa shape index (κ3) is 3.00. The zero-order chi connectivity index (χ0) is 19.9. The maximum atomic E-state index is 13.5. The van der Waals surface area contributed by atoms with Gasteiger partial charge in [-0.05, 0) is 30.7 Å². The molecular weight excluding hydrogens is 378 g/mol. The van der Waals surface area contributed by atoms with E-state index in [-0.39, 0.29) is 11.4 Å². The Bertz CT molecular complexity index is 1140. The molecule has 0 bridgehead atoms. The van der Waals surface area contributed by atoms with Crippen LogP contribution in [0.15, 0.2) is 71.8 Å². The van der Waals surface area contributed by atoms with E-state index < -0.39 is 26.7 Å². The summed E-state index contributed by atoms with van der Waals surface area (Å²) in [4.78, 5) is 10.5. The molecule has 0 saturated carbocycles. The van der Waals surface area contributed by atoms with Gasteiger partial charge in [-0.15, -0.1) is 0 Å². The summed E-state index contributed by atoms with van der Waals surface area (Å²) in [6.45, 7) is 2.69. The van der Waals surface area contributed by atoms with Gasteiger partial charge in [0.25, 0.3) is 15.7 Å². The van der Waals surface area contributed by atoms with Crippen LogP contribution in [0.4, 0.5) is 5.69 Å². The second kappa shape index (κ2) is 6.88. The van der Waals surface area contributed by atoms with Gasteiger partial charge < -0.3 is 4.57 Å². The van der Waals surface area contributed by atoms with Gasteiger partial charge in [-0.1, -0.05) is 42.0 Å². The van der Waals surface area contributed by atoms with Crippen LogP contribution in [-0.4, -0.2) is 28.8 Å². The minimum absolute atomic E-state index is 0.231. The van der Waals surface area contributed by atoms with Crippen LogP contribution in [0.3, 0.4) is 0 Å². The monoisotopic (exact) mass is 397 g/mol. The summed E-state index contributed by atoms with van der Waals surface area (Å²) in [5.74, 6) is 0. The second-order valence-electron chi connectivity index (χ2n) is 6.78. The van der Waals surface area contributed by atoms with Crippen molar-refractivity contribution in [3.8, 4) is 0 Å². The molecule has 0 amide bonds. The highest BCUT2D eigenvalue weighted by Gasteiger charge is 2.40. The lowest BCUT2D eigenvalue weighted by atomic mass is 10.0. The van der Waals surface area contributed by atoms with E-state index in [1.165, 1.54) is 28.6 Å². The smallest absolute Gasteiger partial charge is 0.289 e. The van der Waals surface area contributed by atoms with Gasteiger partial charge in [0.15, 0.2) is 4.90 Å². The fourth-order valence-electron chi connectivity index (χ4n) is 3.66. The van der Waals surface area contributed by atoms with E-state index in [1.807, 2.05) is 54.1 Å². The van der Waals surface area contributed by atoms with Gasteiger partial charge in [-0.25, -0.2) is 8.42 Å². The standard InChI is InChI=1S/C20H19N3O4S/c1-15-8-10-16(11-9-15)20-18-6-4-12-21(18)13-14-22(20)28(26,27)19-7-3-2-5-17(19)23(24)25/h2-12,20H,13-14H2,1H3. The van der Waals surface area contributed by atoms with E-state index in [4.69, 9.17) is 0 Å². The molecule has 0 radical (unpaired) electrons. The molecule has 28 heavy (non-hydrogen) atoms. The van der Waals surface area contributed by atoms with Crippen molar-refractivity contribution in [2.45, 2.75) is 24.4 Å². The zero-order valence-corrected chi connectivity index (χ0v) is 16.0. The Morgan fingerprint density at radius 3 is 2.43 bits per heavy atom. The maximum absolute atomic E-state index is 13.5. The molecular formula is C20H19N3O4S. The molecule has 1 aromatic heterocycles. The Hall–Kier alpha value is -2.97. The minimum atomic E-state index is -4.09. The number of nitro benzene ring substituents is 1. The van der Waals surface area contributed by atoms with Crippen LogP contribution in [0.25, 0.3) is 0 Å². The van der Waals surface area contributed by atoms with Crippen molar-refractivity contribution in [2.75, 3.05) is 6.54 Å². The number of hydrogen-bond donors (Lipinski definition) is 0. The number of nitro groups is 1. The molecule has 0 fully saturated rings. The van der Waals surface area contributed by atoms with E-state index in [0.717, 1.165) is 16.8 Å². The number of nitrogens with zero attached hydrogens (tertiary/aromatic N) is 3. The van der Waals surface area contributed by atoms with Gasteiger partial charge in [0.2, 0.25) is 0 Å². The van der Waals surface area contributed by atoms with Crippen molar-refractivity contribution in [3.05, 3.63) is 93.8 Å². The predicted octanol–water partition coefficient (Wildman–Crippen LogP) is 3.50. The van der Waals surface area contributed by atoms with Crippen LogP contribution < -0.4 is 0 Å². The summed E-state index contributed by atoms with van der Waals surface area (Å²) >= 11 is 0. The van der Waals surface area contributed by atoms with E-state index in [2.05, 4.69) is 0 Å². The van der Waals surface area contributed by atoms with Crippen LogP contribution in [0.1, 0.15) is 22.9 Å². The Morgan fingerprint density at radius 2 is 1.71 bits per heavy atom. The van der Waals surface area contributed by atoms with Crippen LogP contribution in [-0.2, 0) is 16.6 Å². The number of para-hydroxylation sites is 1. The number of fused-ring (bicyclic) bond motifs is 1. The molecule has 1 aliphatic heterocycles. The SMILES string of the molecule is Cc1ccc(C2c3cccn3CCN2S(=O)(=O)c2ccccc2[N+](=O)[O-])cc1.